The van der Waals surface area contributed by atoms with Crippen molar-refractivity contribution < 1.29 is 28.0 Å². The van der Waals surface area contributed by atoms with Crippen molar-refractivity contribution in [2.75, 3.05) is 12.8 Å². The van der Waals surface area contributed by atoms with E-state index >= 15 is 0 Å². The van der Waals surface area contributed by atoms with E-state index in [2.05, 4.69) is 0 Å². The maximum Gasteiger partial charge on any atom is 0.440 e. The second-order valence-electron chi connectivity index (χ2n) is 8.89. The van der Waals surface area contributed by atoms with Crippen LogP contribution in [0.4, 0.5) is 0 Å². The lowest BCUT2D eigenvalue weighted by molar-refractivity contribution is -0.202. The molecule has 5 rings (SSSR count). The van der Waals surface area contributed by atoms with Gasteiger partial charge in [-0.05, 0) is 44.2 Å². The zero-order valence-corrected chi connectivity index (χ0v) is 19.9. The molecule has 176 valence electrons. The Kier molecular flexibility index (Phi) is 5.84. The number of fused-ring (bicyclic) bond motifs is 3. The molecule has 2 aliphatic rings. The van der Waals surface area contributed by atoms with Gasteiger partial charge >= 0.3 is 7.60 Å². The predicted molar refractivity (Wildman–Crippen MR) is 127 cm³/mol. The summed E-state index contributed by atoms with van der Waals surface area (Å²) in [5.41, 5.74) is 0.207. The van der Waals surface area contributed by atoms with Crippen LogP contribution in [0.25, 0.3) is 0 Å². The molecule has 2 atom stereocenters. The third kappa shape index (κ3) is 4.41. The summed E-state index contributed by atoms with van der Waals surface area (Å²) in [7, 11) is -3.95. The zero-order chi connectivity index (χ0) is 23.8. The molecule has 0 bridgehead atoms. The Labute approximate surface area is 198 Å². The fraction of sp³-hybridized carbons (Fsp3) is 0.269. The smallest absolute Gasteiger partial charge is 0.440 e. The van der Waals surface area contributed by atoms with E-state index in [-0.39, 0.29) is 12.0 Å². The molecule has 0 saturated carbocycles. The number of hydroxylamine groups is 2. The van der Waals surface area contributed by atoms with Crippen LogP contribution in [0, 0.1) is 5.92 Å². The Hall–Kier alpha value is -3.28. The number of rotatable bonds is 6. The van der Waals surface area contributed by atoms with E-state index in [4.69, 9.17) is 18.6 Å². The zero-order valence-electron chi connectivity index (χ0n) is 19.0. The largest absolute Gasteiger partial charge is 0.493 e. The van der Waals surface area contributed by atoms with Crippen molar-refractivity contribution in [3.05, 3.63) is 90.5 Å². The van der Waals surface area contributed by atoms with Crippen LogP contribution in [-0.4, -0.2) is 29.3 Å². The molecule has 3 aromatic carbocycles. The van der Waals surface area contributed by atoms with E-state index in [1.807, 2.05) is 50.2 Å². The summed E-state index contributed by atoms with van der Waals surface area (Å²) >= 11 is 0. The molecule has 34 heavy (non-hydrogen) atoms. The van der Waals surface area contributed by atoms with Gasteiger partial charge in [0.25, 0.3) is 5.91 Å². The van der Waals surface area contributed by atoms with Crippen molar-refractivity contribution >= 4 is 13.5 Å². The first-order valence-electron chi connectivity index (χ1n) is 11.2. The molecule has 8 heteroatoms. The van der Waals surface area contributed by atoms with Crippen molar-refractivity contribution in [3.8, 4) is 17.2 Å². The van der Waals surface area contributed by atoms with Crippen molar-refractivity contribution in [1.82, 2.24) is 5.06 Å². The summed E-state index contributed by atoms with van der Waals surface area (Å²) in [4.78, 5) is 19.8. The van der Waals surface area contributed by atoms with E-state index in [0.717, 1.165) is 5.56 Å². The number of ether oxygens (including phenoxy) is 1. The van der Waals surface area contributed by atoms with E-state index in [1.165, 1.54) is 5.06 Å². The highest BCUT2D eigenvalue weighted by Gasteiger charge is 2.55. The number of benzene rings is 3. The Balaban J connectivity index is 1.45. The lowest BCUT2D eigenvalue weighted by Crippen LogP contribution is -2.37. The van der Waals surface area contributed by atoms with Gasteiger partial charge in [0.05, 0.1) is 24.2 Å². The molecule has 1 saturated heterocycles. The van der Waals surface area contributed by atoms with E-state index in [1.54, 1.807) is 48.5 Å². The van der Waals surface area contributed by atoms with Gasteiger partial charge in [0.1, 0.15) is 17.2 Å². The summed E-state index contributed by atoms with van der Waals surface area (Å²) in [6.07, 6.45) is -0.487. The molecule has 2 aliphatic heterocycles. The number of nitrogens with zero attached hydrogens (tertiary/aromatic N) is 1. The summed E-state index contributed by atoms with van der Waals surface area (Å²) in [6, 6.07) is 24.6. The van der Waals surface area contributed by atoms with Crippen LogP contribution < -0.4 is 13.8 Å². The van der Waals surface area contributed by atoms with Crippen LogP contribution in [0.15, 0.2) is 84.9 Å². The highest BCUT2D eigenvalue weighted by atomic mass is 31.2. The van der Waals surface area contributed by atoms with Crippen molar-refractivity contribution in [1.29, 1.82) is 0 Å². The molecule has 0 N–H and O–H groups in total. The molecule has 1 amide bonds. The summed E-state index contributed by atoms with van der Waals surface area (Å²) in [5, 5.41) is 1.33. The quantitative estimate of drug-likeness (QED) is 0.426. The third-order valence-electron chi connectivity index (χ3n) is 6.07. The summed E-state index contributed by atoms with van der Waals surface area (Å²) in [5.74, 6) is 0.855. The van der Waals surface area contributed by atoms with E-state index < -0.39 is 25.3 Å². The summed E-state index contributed by atoms with van der Waals surface area (Å²) in [6.45, 7) is 4.27. The van der Waals surface area contributed by atoms with E-state index in [9.17, 15) is 9.36 Å². The summed E-state index contributed by atoms with van der Waals surface area (Å²) < 4.78 is 31.5. The van der Waals surface area contributed by atoms with Gasteiger partial charge in [0.15, 0.2) is 6.16 Å². The number of carbonyl (C=O) groups excluding carboxylic acids is 1. The topological polar surface area (TPSA) is 74.3 Å². The molecule has 0 radical (unpaired) electrons. The highest BCUT2D eigenvalue weighted by Crippen LogP contribution is 2.53. The van der Waals surface area contributed by atoms with Crippen LogP contribution in [0.5, 0.6) is 17.2 Å². The van der Waals surface area contributed by atoms with Gasteiger partial charge in [-0.3, -0.25) is 9.63 Å². The molecular formula is C26H26NO6P. The number of hydrogen-bond acceptors (Lipinski definition) is 6. The molecule has 3 aromatic rings. The lowest BCUT2D eigenvalue weighted by atomic mass is 9.81. The molecule has 7 nitrogen and oxygen atoms in total. The molecule has 1 fully saturated rings. The average Bonchev–Trinajstić information content (AvgIpc) is 3.11. The van der Waals surface area contributed by atoms with E-state index in [0.29, 0.717) is 23.9 Å². The second kappa shape index (κ2) is 8.82. The van der Waals surface area contributed by atoms with Gasteiger partial charge in [-0.25, -0.2) is 9.63 Å². The van der Waals surface area contributed by atoms with Gasteiger partial charge < -0.3 is 13.8 Å². The fourth-order valence-corrected chi connectivity index (χ4v) is 5.92. The maximum atomic E-state index is 13.9. The second-order valence-corrected chi connectivity index (χ2v) is 10.8. The molecule has 0 aromatic heterocycles. The normalized spacial score (nSPS) is 20.6. The Morgan fingerprint density at radius 2 is 1.50 bits per heavy atom. The molecule has 2 heterocycles. The minimum Gasteiger partial charge on any atom is -0.493 e. The molecule has 0 spiro atoms. The Morgan fingerprint density at radius 3 is 2.12 bits per heavy atom. The predicted octanol–water partition coefficient (Wildman–Crippen LogP) is 5.64. The fourth-order valence-electron chi connectivity index (χ4n) is 4.40. The minimum absolute atomic E-state index is 0.0872. The average molecular weight is 479 g/mol. The molecule has 0 unspecified atom stereocenters. The first kappa shape index (κ1) is 22.5. The van der Waals surface area contributed by atoms with Crippen LogP contribution in [0.1, 0.15) is 25.5 Å². The Morgan fingerprint density at radius 1 is 0.941 bits per heavy atom. The van der Waals surface area contributed by atoms with Crippen LogP contribution in [0.3, 0.4) is 0 Å². The number of amides is 1. The third-order valence-corrected chi connectivity index (χ3v) is 7.70. The van der Waals surface area contributed by atoms with Crippen LogP contribution >= 0.6 is 7.60 Å². The van der Waals surface area contributed by atoms with Gasteiger partial charge in [0, 0.05) is 5.56 Å². The number of hydrogen-bond donors (Lipinski definition) is 0. The Bertz CT molecular complexity index is 1170. The van der Waals surface area contributed by atoms with Crippen LogP contribution in [0.2, 0.25) is 0 Å². The van der Waals surface area contributed by atoms with Crippen molar-refractivity contribution in [2.45, 2.75) is 25.5 Å². The van der Waals surface area contributed by atoms with Gasteiger partial charge in [0.2, 0.25) is 0 Å². The van der Waals surface area contributed by atoms with Crippen LogP contribution in [-0.2, 0) is 14.2 Å². The van der Waals surface area contributed by atoms with Gasteiger partial charge in [-0.15, -0.1) is 0 Å². The van der Waals surface area contributed by atoms with Crippen molar-refractivity contribution in [3.63, 3.8) is 0 Å². The number of carbonyl (C=O) groups is 1. The number of para-hydroxylation sites is 3. The molecule has 0 aliphatic carbocycles. The van der Waals surface area contributed by atoms with Crippen molar-refractivity contribution in [2.24, 2.45) is 5.92 Å². The standard InChI is InChI=1S/C26H26NO6P/c1-26(2)22-17-30-23-16-10-9-15-21(23)25(22)27(33-26)24(28)18-34(29,31-19-11-5-3-6-12-19)32-20-13-7-4-8-14-20/h3-16,22,25H,17-18H2,1-2H3/t22-,25+/m0/s1. The lowest BCUT2D eigenvalue weighted by Gasteiger charge is -2.33. The van der Waals surface area contributed by atoms with Gasteiger partial charge in [-0.2, -0.15) is 0 Å². The monoisotopic (exact) mass is 479 g/mol. The van der Waals surface area contributed by atoms with Gasteiger partial charge in [-0.1, -0.05) is 54.6 Å². The first-order valence-corrected chi connectivity index (χ1v) is 12.9. The highest BCUT2D eigenvalue weighted by molar-refractivity contribution is 7.55. The minimum atomic E-state index is -3.95. The first-order chi connectivity index (χ1) is 16.3. The SMILES string of the molecule is CC1(C)ON(C(=O)CP(=O)(Oc2ccccc2)Oc2ccccc2)[C@@H]2c3ccccc3OC[C@@H]21. The maximum absolute atomic E-state index is 13.9. The molecular weight excluding hydrogens is 453 g/mol.